The van der Waals surface area contributed by atoms with E-state index >= 15 is 0 Å². The number of carbonyl (C=O) groups is 1. The van der Waals surface area contributed by atoms with E-state index in [1.807, 2.05) is 23.1 Å². The molecular weight excluding hydrogens is 378 g/mol. The summed E-state index contributed by atoms with van der Waals surface area (Å²) in [5.74, 6) is -0.380. The Morgan fingerprint density at radius 1 is 1.20 bits per heavy atom. The van der Waals surface area contributed by atoms with Gasteiger partial charge < -0.3 is 4.74 Å². The summed E-state index contributed by atoms with van der Waals surface area (Å²) in [6.07, 6.45) is 10.6. The molecule has 0 bridgehead atoms. The highest BCUT2D eigenvalue weighted by molar-refractivity contribution is 5.94. The fourth-order valence-corrected chi connectivity index (χ4v) is 4.47. The number of cyclic esters (lactones) is 1. The molecule has 1 fully saturated rings. The van der Waals surface area contributed by atoms with E-state index in [9.17, 15) is 10.1 Å². The third-order valence-corrected chi connectivity index (χ3v) is 6.11. The average Bonchev–Trinajstić information content (AvgIpc) is 3.49. The lowest BCUT2D eigenvalue weighted by atomic mass is 9.89. The molecule has 0 saturated heterocycles. The van der Waals surface area contributed by atoms with E-state index in [1.54, 1.807) is 18.3 Å². The largest absolute Gasteiger partial charge is 0.456 e. The number of rotatable bonds is 4. The summed E-state index contributed by atoms with van der Waals surface area (Å²) in [6.45, 7) is 3.40. The molecule has 0 radical (unpaired) electrons. The van der Waals surface area contributed by atoms with E-state index in [2.05, 4.69) is 28.1 Å². The lowest BCUT2D eigenvalue weighted by Crippen LogP contribution is -2.19. The van der Waals surface area contributed by atoms with Gasteiger partial charge in [0.1, 0.15) is 18.4 Å². The zero-order valence-electron chi connectivity index (χ0n) is 16.8. The minimum absolute atomic E-state index is 0.193. The Hall–Kier alpha value is -3.53. The van der Waals surface area contributed by atoms with E-state index < -0.39 is 0 Å². The zero-order chi connectivity index (χ0) is 20.7. The van der Waals surface area contributed by atoms with Gasteiger partial charge >= 0.3 is 5.97 Å². The number of nitriles is 1. The number of esters is 1. The van der Waals surface area contributed by atoms with Gasteiger partial charge in [0, 0.05) is 35.6 Å². The molecule has 1 saturated carbocycles. The average molecular weight is 399 g/mol. The molecule has 0 aromatic carbocycles. The topological polar surface area (TPSA) is 93.7 Å². The maximum atomic E-state index is 12.0. The maximum absolute atomic E-state index is 12.0. The van der Waals surface area contributed by atoms with Crippen LogP contribution < -0.4 is 0 Å². The van der Waals surface area contributed by atoms with Crippen LogP contribution in [0.15, 0.2) is 36.8 Å². The first kappa shape index (κ1) is 18.5. The molecule has 3 aromatic heterocycles. The summed E-state index contributed by atoms with van der Waals surface area (Å²) >= 11 is 0. The Morgan fingerprint density at radius 3 is 2.83 bits per heavy atom. The van der Waals surface area contributed by atoms with Crippen molar-refractivity contribution in [2.45, 2.75) is 45.8 Å². The molecule has 7 nitrogen and oxygen atoms in total. The minimum atomic E-state index is -0.380. The summed E-state index contributed by atoms with van der Waals surface area (Å²) in [6, 6.07) is 7.41. The standard InChI is InChI=1S/C23H21N5O2/c1-23(6-2-3-7-23)14-28-12-16(11-26-28)18-5-4-17(9-24)27-21(18)15-8-19-20(25-10-15)13-30-22(19)29/h4-5,8,10-12H,2-3,6-7,13-14H2,1H3. The highest BCUT2D eigenvalue weighted by Gasteiger charge is 2.29. The van der Waals surface area contributed by atoms with E-state index in [0.717, 1.165) is 17.7 Å². The molecule has 0 amide bonds. The van der Waals surface area contributed by atoms with Crippen LogP contribution in [0, 0.1) is 16.7 Å². The first-order valence-electron chi connectivity index (χ1n) is 10.2. The van der Waals surface area contributed by atoms with Crippen molar-refractivity contribution < 1.29 is 9.53 Å². The van der Waals surface area contributed by atoms with Crippen molar-refractivity contribution in [3.8, 4) is 28.5 Å². The summed E-state index contributed by atoms with van der Waals surface area (Å²) in [7, 11) is 0. The Balaban J connectivity index is 1.55. The number of ether oxygens (including phenoxy) is 1. The summed E-state index contributed by atoms with van der Waals surface area (Å²) in [4.78, 5) is 20.9. The first-order valence-corrected chi connectivity index (χ1v) is 10.2. The second kappa shape index (κ2) is 7.06. The van der Waals surface area contributed by atoms with Crippen LogP contribution in [0.2, 0.25) is 0 Å². The van der Waals surface area contributed by atoms with Crippen molar-refractivity contribution in [2.75, 3.05) is 0 Å². The van der Waals surface area contributed by atoms with Gasteiger partial charge in [-0.05, 0) is 36.5 Å². The van der Waals surface area contributed by atoms with Crippen molar-refractivity contribution in [1.82, 2.24) is 19.7 Å². The fourth-order valence-electron chi connectivity index (χ4n) is 4.47. The fraction of sp³-hybridized carbons (Fsp3) is 0.348. The second-order valence-electron chi connectivity index (χ2n) is 8.44. The lowest BCUT2D eigenvalue weighted by molar-refractivity contribution is 0.0533. The monoisotopic (exact) mass is 399 g/mol. The molecular formula is C23H21N5O2. The molecule has 0 spiro atoms. The summed E-state index contributed by atoms with van der Waals surface area (Å²) < 4.78 is 7.06. The van der Waals surface area contributed by atoms with Gasteiger partial charge in [0.2, 0.25) is 0 Å². The van der Waals surface area contributed by atoms with Crippen LogP contribution in [0.25, 0.3) is 22.4 Å². The SMILES string of the molecule is CC1(Cn2cc(-c3ccc(C#N)nc3-c3cnc4c(c3)C(=O)OC4)cn2)CCCC1. The Bertz CT molecular complexity index is 1180. The van der Waals surface area contributed by atoms with Gasteiger partial charge in [-0.3, -0.25) is 9.67 Å². The number of hydrogen-bond acceptors (Lipinski definition) is 6. The molecule has 0 atom stereocenters. The van der Waals surface area contributed by atoms with Crippen molar-refractivity contribution in [3.63, 3.8) is 0 Å². The number of fused-ring (bicyclic) bond motifs is 1. The molecule has 5 rings (SSSR count). The number of carbonyl (C=O) groups excluding carboxylic acids is 1. The van der Waals surface area contributed by atoms with E-state index in [0.29, 0.717) is 33.6 Å². The molecule has 1 aliphatic carbocycles. The zero-order valence-corrected chi connectivity index (χ0v) is 16.8. The third kappa shape index (κ3) is 3.24. The second-order valence-corrected chi connectivity index (χ2v) is 8.44. The van der Waals surface area contributed by atoms with Gasteiger partial charge in [-0.2, -0.15) is 10.4 Å². The lowest BCUT2D eigenvalue weighted by Gasteiger charge is -2.22. The highest BCUT2D eigenvalue weighted by atomic mass is 16.5. The summed E-state index contributed by atoms with van der Waals surface area (Å²) in [5, 5.41) is 13.9. The third-order valence-electron chi connectivity index (χ3n) is 6.11. The Morgan fingerprint density at radius 2 is 2.03 bits per heavy atom. The van der Waals surface area contributed by atoms with E-state index in [1.165, 1.54) is 25.7 Å². The van der Waals surface area contributed by atoms with Crippen molar-refractivity contribution in [1.29, 1.82) is 5.26 Å². The maximum Gasteiger partial charge on any atom is 0.340 e. The van der Waals surface area contributed by atoms with Crippen LogP contribution in [0.4, 0.5) is 0 Å². The Labute approximate surface area is 174 Å². The molecule has 4 heterocycles. The first-order chi connectivity index (χ1) is 14.5. The van der Waals surface area contributed by atoms with Crippen LogP contribution in [0.5, 0.6) is 0 Å². The van der Waals surface area contributed by atoms with E-state index in [-0.39, 0.29) is 12.6 Å². The predicted molar refractivity (Wildman–Crippen MR) is 109 cm³/mol. The number of aromatic nitrogens is 4. The summed E-state index contributed by atoms with van der Waals surface area (Å²) in [5.41, 5.74) is 4.73. The number of hydrogen-bond donors (Lipinski definition) is 0. The molecule has 30 heavy (non-hydrogen) atoms. The molecule has 150 valence electrons. The van der Waals surface area contributed by atoms with Gasteiger partial charge in [-0.15, -0.1) is 0 Å². The molecule has 0 unspecified atom stereocenters. The highest BCUT2D eigenvalue weighted by Crippen LogP contribution is 2.39. The van der Waals surface area contributed by atoms with Crippen LogP contribution in [-0.4, -0.2) is 25.7 Å². The Kier molecular flexibility index (Phi) is 4.35. The van der Waals surface area contributed by atoms with Crippen LogP contribution in [0.3, 0.4) is 0 Å². The predicted octanol–water partition coefficient (Wildman–Crippen LogP) is 4.13. The molecule has 2 aliphatic rings. The molecule has 3 aromatic rings. The van der Waals surface area contributed by atoms with Gasteiger partial charge in [0.15, 0.2) is 0 Å². The normalized spacial score (nSPS) is 16.9. The molecule has 1 aliphatic heterocycles. The van der Waals surface area contributed by atoms with Crippen molar-refractivity contribution in [2.24, 2.45) is 5.41 Å². The van der Waals surface area contributed by atoms with Crippen molar-refractivity contribution in [3.05, 3.63) is 53.7 Å². The van der Waals surface area contributed by atoms with Crippen LogP contribution >= 0.6 is 0 Å². The van der Waals surface area contributed by atoms with Gasteiger partial charge in [0.05, 0.1) is 23.1 Å². The molecule has 7 heteroatoms. The van der Waals surface area contributed by atoms with Crippen LogP contribution in [-0.2, 0) is 17.9 Å². The van der Waals surface area contributed by atoms with Gasteiger partial charge in [-0.1, -0.05) is 19.8 Å². The van der Waals surface area contributed by atoms with Gasteiger partial charge in [-0.25, -0.2) is 9.78 Å². The van der Waals surface area contributed by atoms with Crippen LogP contribution in [0.1, 0.15) is 54.4 Å². The number of nitrogens with zero attached hydrogens (tertiary/aromatic N) is 5. The quantitative estimate of drug-likeness (QED) is 0.612. The minimum Gasteiger partial charge on any atom is -0.456 e. The van der Waals surface area contributed by atoms with Gasteiger partial charge in [0.25, 0.3) is 0 Å². The van der Waals surface area contributed by atoms with Crippen molar-refractivity contribution >= 4 is 5.97 Å². The number of pyridine rings is 2. The molecule has 0 N–H and O–H groups in total. The van der Waals surface area contributed by atoms with E-state index in [4.69, 9.17) is 4.74 Å². The smallest absolute Gasteiger partial charge is 0.340 e.